The van der Waals surface area contributed by atoms with Crippen LogP contribution in [0, 0.1) is 0 Å². The van der Waals surface area contributed by atoms with Crippen molar-refractivity contribution in [3.63, 3.8) is 0 Å². The van der Waals surface area contributed by atoms with Crippen LogP contribution in [0.3, 0.4) is 0 Å². The maximum Gasteiger partial charge on any atom is 0.336 e. The SMILES string of the molecule is CCc1c[nH]c(=O)cc1C(=O)O. The smallest absolute Gasteiger partial charge is 0.336 e. The molecule has 0 aromatic carbocycles. The number of carbonyl (C=O) groups is 1. The van der Waals surface area contributed by atoms with Gasteiger partial charge >= 0.3 is 5.97 Å². The molecule has 1 aromatic heterocycles. The van der Waals surface area contributed by atoms with Gasteiger partial charge in [0.2, 0.25) is 5.56 Å². The Morgan fingerprint density at radius 2 is 2.33 bits per heavy atom. The van der Waals surface area contributed by atoms with E-state index in [2.05, 4.69) is 4.98 Å². The van der Waals surface area contributed by atoms with E-state index >= 15 is 0 Å². The summed E-state index contributed by atoms with van der Waals surface area (Å²) < 4.78 is 0. The maximum atomic E-state index is 10.7. The summed E-state index contributed by atoms with van der Waals surface area (Å²) in [7, 11) is 0. The third-order valence-electron chi connectivity index (χ3n) is 1.62. The number of hydrogen-bond acceptors (Lipinski definition) is 2. The number of carboxylic acids is 1. The first-order chi connectivity index (χ1) is 5.65. The van der Waals surface area contributed by atoms with Crippen LogP contribution in [0.15, 0.2) is 17.1 Å². The highest BCUT2D eigenvalue weighted by atomic mass is 16.4. The number of nitrogens with one attached hydrogen (secondary N) is 1. The van der Waals surface area contributed by atoms with Crippen molar-refractivity contribution < 1.29 is 9.90 Å². The largest absolute Gasteiger partial charge is 0.478 e. The van der Waals surface area contributed by atoms with Crippen LogP contribution in [0.5, 0.6) is 0 Å². The lowest BCUT2D eigenvalue weighted by atomic mass is 10.1. The third kappa shape index (κ3) is 1.53. The second-order valence-electron chi connectivity index (χ2n) is 2.39. The quantitative estimate of drug-likeness (QED) is 0.678. The number of aryl methyl sites for hydroxylation is 1. The Bertz CT molecular complexity index is 354. The van der Waals surface area contributed by atoms with Gasteiger partial charge in [0.1, 0.15) is 0 Å². The lowest BCUT2D eigenvalue weighted by Gasteiger charge is -2.00. The van der Waals surface area contributed by atoms with Gasteiger partial charge in [-0.15, -0.1) is 0 Å². The molecule has 0 aliphatic heterocycles. The minimum atomic E-state index is -1.06. The molecule has 1 heterocycles. The van der Waals surface area contributed by atoms with Crippen LogP contribution < -0.4 is 5.56 Å². The molecular weight excluding hydrogens is 158 g/mol. The molecule has 0 aliphatic carbocycles. The monoisotopic (exact) mass is 167 g/mol. The number of aromatic carboxylic acids is 1. The minimum Gasteiger partial charge on any atom is -0.478 e. The number of rotatable bonds is 2. The third-order valence-corrected chi connectivity index (χ3v) is 1.62. The van der Waals surface area contributed by atoms with Gasteiger partial charge in [-0.3, -0.25) is 4.79 Å². The number of aromatic nitrogens is 1. The highest BCUT2D eigenvalue weighted by Crippen LogP contribution is 2.04. The van der Waals surface area contributed by atoms with Gasteiger partial charge in [-0.25, -0.2) is 4.79 Å². The van der Waals surface area contributed by atoms with E-state index in [1.54, 1.807) is 0 Å². The average Bonchev–Trinajstić information content (AvgIpc) is 2.04. The van der Waals surface area contributed by atoms with Crippen molar-refractivity contribution in [2.75, 3.05) is 0 Å². The summed E-state index contributed by atoms with van der Waals surface area (Å²) in [6, 6.07) is 1.10. The summed E-state index contributed by atoms with van der Waals surface area (Å²) in [5.41, 5.74) is 0.341. The minimum absolute atomic E-state index is 0.0845. The molecule has 0 unspecified atom stereocenters. The molecule has 12 heavy (non-hydrogen) atoms. The molecule has 4 nitrogen and oxygen atoms in total. The Kier molecular flexibility index (Phi) is 2.28. The Hall–Kier alpha value is -1.58. The number of hydrogen-bond donors (Lipinski definition) is 2. The lowest BCUT2D eigenvalue weighted by Crippen LogP contribution is -2.11. The zero-order chi connectivity index (χ0) is 9.14. The Balaban J connectivity index is 3.31. The summed E-state index contributed by atoms with van der Waals surface area (Å²) in [6.07, 6.45) is 2.03. The molecule has 2 N–H and O–H groups in total. The van der Waals surface area contributed by atoms with Gasteiger partial charge in [-0.05, 0) is 12.0 Å². The molecule has 0 amide bonds. The summed E-state index contributed by atoms with van der Waals surface area (Å²) >= 11 is 0. The molecule has 1 aromatic rings. The summed E-state index contributed by atoms with van der Waals surface area (Å²) in [5, 5.41) is 8.67. The second-order valence-corrected chi connectivity index (χ2v) is 2.39. The first kappa shape index (κ1) is 8.52. The van der Waals surface area contributed by atoms with E-state index in [-0.39, 0.29) is 11.1 Å². The Morgan fingerprint density at radius 3 is 2.83 bits per heavy atom. The van der Waals surface area contributed by atoms with Crippen LogP contribution in [0.25, 0.3) is 0 Å². The van der Waals surface area contributed by atoms with Gasteiger partial charge in [-0.1, -0.05) is 6.92 Å². The topological polar surface area (TPSA) is 70.2 Å². The molecule has 0 atom stereocenters. The normalized spacial score (nSPS) is 9.75. The highest BCUT2D eigenvalue weighted by molar-refractivity contribution is 5.89. The van der Waals surface area contributed by atoms with Gasteiger partial charge in [0.25, 0.3) is 0 Å². The summed E-state index contributed by atoms with van der Waals surface area (Å²) in [6.45, 7) is 1.83. The van der Waals surface area contributed by atoms with Crippen molar-refractivity contribution in [2.45, 2.75) is 13.3 Å². The van der Waals surface area contributed by atoms with Crippen molar-refractivity contribution >= 4 is 5.97 Å². The molecule has 4 heteroatoms. The number of aromatic amines is 1. The van der Waals surface area contributed by atoms with Crippen molar-refractivity contribution in [3.05, 3.63) is 33.7 Å². The number of carboxylic acid groups (broad SMARTS) is 1. The van der Waals surface area contributed by atoms with Crippen molar-refractivity contribution in [2.24, 2.45) is 0 Å². The van der Waals surface area contributed by atoms with E-state index < -0.39 is 5.97 Å². The van der Waals surface area contributed by atoms with E-state index in [4.69, 9.17) is 5.11 Å². The fourth-order valence-corrected chi connectivity index (χ4v) is 0.993. The second kappa shape index (κ2) is 3.21. The first-order valence-corrected chi connectivity index (χ1v) is 3.60. The van der Waals surface area contributed by atoms with Gasteiger partial charge < -0.3 is 10.1 Å². The summed E-state index contributed by atoms with van der Waals surface area (Å²) in [4.78, 5) is 23.8. The van der Waals surface area contributed by atoms with E-state index in [0.29, 0.717) is 12.0 Å². The number of pyridine rings is 1. The Labute approximate surface area is 68.9 Å². The average molecular weight is 167 g/mol. The zero-order valence-corrected chi connectivity index (χ0v) is 6.63. The fraction of sp³-hybridized carbons (Fsp3) is 0.250. The zero-order valence-electron chi connectivity index (χ0n) is 6.63. The molecule has 1 rings (SSSR count). The first-order valence-electron chi connectivity index (χ1n) is 3.60. The van der Waals surface area contributed by atoms with Crippen LogP contribution >= 0.6 is 0 Å². The molecule has 0 spiro atoms. The van der Waals surface area contributed by atoms with E-state index in [1.165, 1.54) is 6.20 Å². The molecule has 0 aliphatic rings. The van der Waals surface area contributed by atoms with Gasteiger partial charge in [-0.2, -0.15) is 0 Å². The molecule has 0 fully saturated rings. The van der Waals surface area contributed by atoms with Crippen LogP contribution in [0.2, 0.25) is 0 Å². The van der Waals surface area contributed by atoms with Gasteiger partial charge in [0.15, 0.2) is 0 Å². The molecule has 0 bridgehead atoms. The summed E-state index contributed by atoms with van der Waals surface area (Å²) in [5.74, 6) is -1.06. The van der Waals surface area contributed by atoms with E-state index in [9.17, 15) is 9.59 Å². The fourth-order valence-electron chi connectivity index (χ4n) is 0.993. The lowest BCUT2D eigenvalue weighted by molar-refractivity contribution is 0.0695. The maximum absolute atomic E-state index is 10.7. The Morgan fingerprint density at radius 1 is 1.67 bits per heavy atom. The van der Waals surface area contributed by atoms with E-state index in [0.717, 1.165) is 6.07 Å². The molecule has 0 radical (unpaired) electrons. The molecule has 0 saturated carbocycles. The van der Waals surface area contributed by atoms with Gasteiger partial charge in [0, 0.05) is 12.3 Å². The predicted molar refractivity (Wildman–Crippen MR) is 43.4 cm³/mol. The highest BCUT2D eigenvalue weighted by Gasteiger charge is 2.08. The molecule has 64 valence electrons. The molecule has 0 saturated heterocycles. The van der Waals surface area contributed by atoms with Crippen LogP contribution in [0.4, 0.5) is 0 Å². The van der Waals surface area contributed by atoms with Crippen molar-refractivity contribution in [1.29, 1.82) is 0 Å². The van der Waals surface area contributed by atoms with Crippen molar-refractivity contribution in [3.8, 4) is 0 Å². The van der Waals surface area contributed by atoms with E-state index in [1.807, 2.05) is 6.92 Å². The molecular formula is C8H9NO3. The van der Waals surface area contributed by atoms with Crippen LogP contribution in [0.1, 0.15) is 22.8 Å². The van der Waals surface area contributed by atoms with Gasteiger partial charge in [0.05, 0.1) is 5.56 Å². The van der Waals surface area contributed by atoms with Crippen molar-refractivity contribution in [1.82, 2.24) is 4.98 Å². The van der Waals surface area contributed by atoms with Crippen LogP contribution in [-0.4, -0.2) is 16.1 Å². The van der Waals surface area contributed by atoms with Crippen LogP contribution in [-0.2, 0) is 6.42 Å². The standard InChI is InChI=1S/C8H9NO3/c1-2-5-4-9-7(10)3-6(5)8(11)12/h3-4H,2H2,1H3,(H,9,10)(H,11,12). The predicted octanol–water partition coefficient (Wildman–Crippen LogP) is 0.635. The number of H-pyrrole nitrogens is 1.